The van der Waals surface area contributed by atoms with Crippen molar-refractivity contribution in [1.29, 1.82) is 0 Å². The summed E-state index contributed by atoms with van der Waals surface area (Å²) < 4.78 is 0.455. The highest BCUT2D eigenvalue weighted by molar-refractivity contribution is 14.1. The fraction of sp³-hybridized carbons (Fsp3) is 0.375. The number of fused-ring (bicyclic) bond motifs is 1. The number of carbonyl (C=O) groups excluding carboxylic acids is 2. The summed E-state index contributed by atoms with van der Waals surface area (Å²) in [6, 6.07) is 7.06. The first-order valence-corrected chi connectivity index (χ1v) is 8.43. The van der Waals surface area contributed by atoms with Crippen LogP contribution in [-0.4, -0.2) is 21.5 Å². The summed E-state index contributed by atoms with van der Waals surface area (Å²) in [6.07, 6.45) is 4.50. The maximum Gasteiger partial charge on any atom is 0.211 e. The Morgan fingerprint density at radius 3 is 2.33 bits per heavy atom. The topological polar surface area (TPSA) is 72.2 Å². The van der Waals surface area contributed by atoms with Gasteiger partial charge < -0.3 is 11.1 Å². The summed E-state index contributed by atoms with van der Waals surface area (Å²) in [4.78, 5) is 24.9. The summed E-state index contributed by atoms with van der Waals surface area (Å²) in [6.45, 7) is 0. The molecule has 0 spiro atoms. The van der Waals surface area contributed by atoms with Crippen molar-refractivity contribution in [3.05, 3.63) is 46.8 Å². The monoisotopic (exact) mass is 396 g/mol. The van der Waals surface area contributed by atoms with Crippen LogP contribution < -0.4 is 11.1 Å². The highest BCUT2D eigenvalue weighted by Gasteiger charge is 2.33. The zero-order valence-corrected chi connectivity index (χ0v) is 13.7. The molecule has 2 aliphatic carbocycles. The maximum atomic E-state index is 12.6. The normalized spacial score (nSPS) is 25.8. The Morgan fingerprint density at radius 1 is 1.05 bits per heavy atom. The van der Waals surface area contributed by atoms with Crippen LogP contribution in [0.4, 0.5) is 0 Å². The second kappa shape index (κ2) is 5.79. The summed E-state index contributed by atoms with van der Waals surface area (Å²) in [5.74, 6) is -0.426. The van der Waals surface area contributed by atoms with Crippen LogP contribution in [0.5, 0.6) is 0 Å². The summed E-state index contributed by atoms with van der Waals surface area (Å²) in [5, 5.41) is 3.26. The van der Waals surface area contributed by atoms with E-state index in [9.17, 15) is 9.59 Å². The first-order chi connectivity index (χ1) is 10.1. The van der Waals surface area contributed by atoms with E-state index in [4.69, 9.17) is 5.73 Å². The van der Waals surface area contributed by atoms with Gasteiger partial charge in [0.05, 0.1) is 0 Å². The molecule has 0 bridgehead atoms. The molecule has 0 radical (unpaired) electrons. The van der Waals surface area contributed by atoms with Crippen molar-refractivity contribution in [2.45, 2.75) is 35.6 Å². The third kappa shape index (κ3) is 2.59. The van der Waals surface area contributed by atoms with Crippen molar-refractivity contribution in [2.75, 3.05) is 0 Å². The van der Waals surface area contributed by atoms with Crippen molar-refractivity contribution < 1.29 is 9.59 Å². The van der Waals surface area contributed by atoms with E-state index < -0.39 is 0 Å². The molecule has 1 saturated carbocycles. The van der Waals surface area contributed by atoms with Crippen molar-refractivity contribution in [2.24, 2.45) is 5.73 Å². The van der Waals surface area contributed by atoms with Crippen LogP contribution in [-0.2, 0) is 0 Å². The standard InChI is InChI=1S/C16H17IN2O2/c17-11-7-3-4-8-12(11)19-14-13(18)15(20)9-5-1-2-6-10(9)16(14)21/h1-2,5-6,11-12,19H,3-4,7-8,18H2. The molecule has 3 rings (SSSR count). The van der Waals surface area contributed by atoms with E-state index in [1.807, 2.05) is 0 Å². The van der Waals surface area contributed by atoms with E-state index in [0.717, 1.165) is 19.3 Å². The van der Waals surface area contributed by atoms with Gasteiger partial charge in [-0.25, -0.2) is 0 Å². The number of nitrogens with one attached hydrogen (secondary N) is 1. The van der Waals surface area contributed by atoms with Crippen LogP contribution in [0.1, 0.15) is 46.4 Å². The molecule has 3 N–H and O–H groups in total. The molecule has 4 nitrogen and oxygen atoms in total. The first-order valence-electron chi connectivity index (χ1n) is 7.18. The van der Waals surface area contributed by atoms with Crippen molar-refractivity contribution in [3.63, 3.8) is 0 Å². The predicted octanol–water partition coefficient (Wildman–Crippen LogP) is 2.57. The van der Waals surface area contributed by atoms with Gasteiger partial charge in [0, 0.05) is 21.1 Å². The molecule has 1 aromatic carbocycles. The number of alkyl halides is 1. The lowest BCUT2D eigenvalue weighted by molar-refractivity contribution is 0.0964. The Hall–Kier alpha value is -1.37. The smallest absolute Gasteiger partial charge is 0.211 e. The van der Waals surface area contributed by atoms with Gasteiger partial charge in [0.2, 0.25) is 11.6 Å². The van der Waals surface area contributed by atoms with Gasteiger partial charge in [-0.1, -0.05) is 59.7 Å². The Balaban J connectivity index is 1.93. The number of halogens is 1. The number of hydrogen-bond acceptors (Lipinski definition) is 4. The third-order valence-electron chi connectivity index (χ3n) is 4.17. The van der Waals surface area contributed by atoms with Crippen LogP contribution in [0.25, 0.3) is 0 Å². The molecule has 21 heavy (non-hydrogen) atoms. The molecule has 1 aromatic rings. The molecule has 5 heteroatoms. The van der Waals surface area contributed by atoms with Crippen molar-refractivity contribution in [1.82, 2.24) is 5.32 Å². The minimum atomic E-state index is -0.256. The van der Waals surface area contributed by atoms with E-state index in [1.165, 1.54) is 6.42 Å². The van der Waals surface area contributed by atoms with Gasteiger partial charge >= 0.3 is 0 Å². The molecule has 0 heterocycles. The van der Waals surface area contributed by atoms with Gasteiger partial charge in [-0.05, 0) is 12.8 Å². The largest absolute Gasteiger partial charge is 0.394 e. The minimum Gasteiger partial charge on any atom is -0.394 e. The van der Waals surface area contributed by atoms with Crippen LogP contribution in [0.15, 0.2) is 35.7 Å². The number of rotatable bonds is 2. The zero-order valence-electron chi connectivity index (χ0n) is 11.6. The molecule has 110 valence electrons. The number of nitrogens with two attached hydrogens (primary N) is 1. The number of carbonyl (C=O) groups is 2. The molecule has 2 aliphatic rings. The SMILES string of the molecule is NC1=C(NC2CCCCC2I)C(=O)c2ccccc2C1=O. The van der Waals surface area contributed by atoms with Gasteiger partial charge in [0.15, 0.2) is 0 Å². The lowest BCUT2D eigenvalue weighted by Crippen LogP contribution is -2.43. The number of hydrogen-bond donors (Lipinski definition) is 2. The maximum absolute atomic E-state index is 12.6. The van der Waals surface area contributed by atoms with Gasteiger partial charge in [0.1, 0.15) is 11.4 Å². The molecule has 0 aromatic heterocycles. The summed E-state index contributed by atoms with van der Waals surface area (Å²) in [5.41, 5.74) is 7.12. The summed E-state index contributed by atoms with van der Waals surface area (Å²) >= 11 is 2.41. The van der Waals surface area contributed by atoms with E-state index in [2.05, 4.69) is 27.9 Å². The second-order valence-electron chi connectivity index (χ2n) is 5.54. The van der Waals surface area contributed by atoms with Crippen LogP contribution in [0.3, 0.4) is 0 Å². The zero-order chi connectivity index (χ0) is 15.0. The van der Waals surface area contributed by atoms with Crippen LogP contribution >= 0.6 is 22.6 Å². The Kier molecular flexibility index (Phi) is 4.01. The van der Waals surface area contributed by atoms with E-state index >= 15 is 0 Å². The second-order valence-corrected chi connectivity index (χ2v) is 7.14. The number of ketones is 2. The molecule has 2 unspecified atom stereocenters. The lowest BCUT2D eigenvalue weighted by Gasteiger charge is -2.31. The molecule has 2 atom stereocenters. The third-order valence-corrected chi connectivity index (χ3v) is 5.66. The lowest BCUT2D eigenvalue weighted by atomic mass is 9.89. The van der Waals surface area contributed by atoms with Gasteiger partial charge in [0.25, 0.3) is 0 Å². The minimum absolute atomic E-state index is 0.0490. The molecule has 1 fully saturated rings. The molecule has 0 amide bonds. The van der Waals surface area contributed by atoms with E-state index in [1.54, 1.807) is 24.3 Å². The average molecular weight is 396 g/mol. The predicted molar refractivity (Wildman–Crippen MR) is 89.5 cm³/mol. The van der Waals surface area contributed by atoms with Crippen LogP contribution in [0, 0.1) is 0 Å². The highest BCUT2D eigenvalue weighted by Crippen LogP contribution is 2.28. The van der Waals surface area contributed by atoms with Crippen molar-refractivity contribution >= 4 is 34.2 Å². The molecule has 0 saturated heterocycles. The highest BCUT2D eigenvalue weighted by atomic mass is 127. The molecular weight excluding hydrogens is 379 g/mol. The number of Topliss-reactive ketones (excluding diaryl/α,β-unsaturated/α-hetero) is 2. The van der Waals surface area contributed by atoms with E-state index in [0.29, 0.717) is 15.1 Å². The molecular formula is C16H17IN2O2. The fourth-order valence-electron chi connectivity index (χ4n) is 2.97. The average Bonchev–Trinajstić information content (AvgIpc) is 2.51. The Bertz CT molecular complexity index is 639. The first kappa shape index (κ1) is 14.6. The Morgan fingerprint density at radius 2 is 1.67 bits per heavy atom. The van der Waals surface area contributed by atoms with Gasteiger partial charge in [-0.15, -0.1) is 0 Å². The quantitative estimate of drug-likeness (QED) is 0.596. The summed E-state index contributed by atoms with van der Waals surface area (Å²) in [7, 11) is 0. The van der Waals surface area contributed by atoms with Crippen LogP contribution in [0.2, 0.25) is 0 Å². The fourth-order valence-corrected chi connectivity index (χ4v) is 3.95. The number of benzene rings is 1. The van der Waals surface area contributed by atoms with Gasteiger partial charge in [-0.2, -0.15) is 0 Å². The number of allylic oxidation sites excluding steroid dienone is 2. The Labute approximate surface area is 137 Å². The van der Waals surface area contributed by atoms with Gasteiger partial charge in [-0.3, -0.25) is 9.59 Å². The van der Waals surface area contributed by atoms with Crippen molar-refractivity contribution in [3.8, 4) is 0 Å². The molecule has 0 aliphatic heterocycles. The van der Waals surface area contributed by atoms with E-state index in [-0.39, 0.29) is 29.0 Å².